The second kappa shape index (κ2) is 8.31. The van der Waals surface area contributed by atoms with E-state index in [9.17, 15) is 0 Å². The summed E-state index contributed by atoms with van der Waals surface area (Å²) in [5.74, 6) is 2.27. The molecule has 2 aliphatic heterocycles. The summed E-state index contributed by atoms with van der Waals surface area (Å²) in [5, 5.41) is 0. The molecule has 1 unspecified atom stereocenters. The van der Waals surface area contributed by atoms with Gasteiger partial charge in [0.25, 0.3) is 0 Å². The minimum atomic E-state index is 0.261. The Labute approximate surface area is 176 Å². The zero-order chi connectivity index (χ0) is 20.5. The Kier molecular flexibility index (Phi) is 5.39. The summed E-state index contributed by atoms with van der Waals surface area (Å²) >= 11 is 0. The van der Waals surface area contributed by atoms with Gasteiger partial charge >= 0.3 is 0 Å². The number of imidazole rings is 1. The maximum absolute atomic E-state index is 5.78. The van der Waals surface area contributed by atoms with Crippen molar-refractivity contribution in [1.29, 1.82) is 0 Å². The Balaban J connectivity index is 1.27. The molecule has 0 aromatic carbocycles. The van der Waals surface area contributed by atoms with E-state index in [0.717, 1.165) is 87.2 Å². The first kappa shape index (κ1) is 19.4. The van der Waals surface area contributed by atoms with Gasteiger partial charge in [0, 0.05) is 45.2 Å². The Morgan fingerprint density at radius 2 is 1.97 bits per heavy atom. The summed E-state index contributed by atoms with van der Waals surface area (Å²) in [5.41, 5.74) is 2.82. The van der Waals surface area contributed by atoms with Crippen LogP contribution in [0, 0.1) is 0 Å². The lowest BCUT2D eigenvalue weighted by molar-refractivity contribution is 0.0978. The van der Waals surface area contributed by atoms with E-state index in [1.165, 1.54) is 0 Å². The van der Waals surface area contributed by atoms with Crippen LogP contribution < -0.4 is 4.90 Å². The van der Waals surface area contributed by atoms with Gasteiger partial charge in [-0.05, 0) is 12.8 Å². The molecule has 9 nitrogen and oxygen atoms in total. The molecule has 1 atom stereocenters. The van der Waals surface area contributed by atoms with E-state index in [2.05, 4.69) is 48.2 Å². The fourth-order valence-electron chi connectivity index (χ4n) is 4.44. The van der Waals surface area contributed by atoms with Crippen molar-refractivity contribution in [3.05, 3.63) is 30.5 Å². The molecule has 5 heterocycles. The molecule has 3 aromatic rings. The van der Waals surface area contributed by atoms with Crippen molar-refractivity contribution >= 4 is 17.0 Å². The van der Waals surface area contributed by atoms with E-state index >= 15 is 0 Å². The van der Waals surface area contributed by atoms with Gasteiger partial charge < -0.3 is 18.6 Å². The minimum absolute atomic E-state index is 0.261. The van der Waals surface area contributed by atoms with Gasteiger partial charge in [-0.3, -0.25) is 4.90 Å². The molecule has 0 radical (unpaired) electrons. The highest BCUT2D eigenvalue weighted by atomic mass is 16.5. The van der Waals surface area contributed by atoms with E-state index in [1.807, 2.05) is 6.33 Å². The number of anilines is 1. The first-order chi connectivity index (χ1) is 14.7. The summed E-state index contributed by atoms with van der Waals surface area (Å²) in [4.78, 5) is 22.9. The molecule has 3 aromatic heterocycles. The Morgan fingerprint density at radius 1 is 1.10 bits per heavy atom. The highest BCUT2D eigenvalue weighted by Gasteiger charge is 2.24. The van der Waals surface area contributed by atoms with E-state index in [-0.39, 0.29) is 6.10 Å². The van der Waals surface area contributed by atoms with Crippen LogP contribution in [-0.4, -0.2) is 68.3 Å². The van der Waals surface area contributed by atoms with E-state index in [1.54, 1.807) is 12.7 Å². The fraction of sp³-hybridized carbons (Fsp3) is 0.619. The highest BCUT2D eigenvalue weighted by molar-refractivity contribution is 5.83. The second-order valence-electron chi connectivity index (χ2n) is 8.48. The first-order valence-corrected chi connectivity index (χ1v) is 10.9. The predicted molar refractivity (Wildman–Crippen MR) is 112 cm³/mol. The monoisotopic (exact) mass is 411 g/mol. The topological polar surface area (TPSA) is 85.3 Å². The van der Waals surface area contributed by atoms with Gasteiger partial charge in [-0.15, -0.1) is 0 Å². The number of piperazine rings is 1. The molecule has 0 N–H and O–H groups in total. The Morgan fingerprint density at radius 3 is 2.73 bits per heavy atom. The van der Waals surface area contributed by atoms with Gasteiger partial charge in [-0.2, -0.15) is 0 Å². The molecule has 0 aliphatic carbocycles. The summed E-state index contributed by atoms with van der Waals surface area (Å²) in [7, 11) is 0. The average Bonchev–Trinajstić information content (AvgIpc) is 3.50. The van der Waals surface area contributed by atoms with Crippen LogP contribution in [0.15, 0.2) is 23.5 Å². The third-order valence-corrected chi connectivity index (χ3v) is 6.05. The fourth-order valence-corrected chi connectivity index (χ4v) is 4.44. The second-order valence-corrected chi connectivity index (χ2v) is 8.48. The molecule has 2 saturated heterocycles. The molecular weight excluding hydrogens is 382 g/mol. The Hall–Kier alpha value is -2.52. The van der Waals surface area contributed by atoms with Gasteiger partial charge in [0.05, 0.1) is 24.7 Å². The number of fused-ring (bicyclic) bond motifs is 1. The number of hydrogen-bond acceptors (Lipinski definition) is 8. The zero-order valence-electron chi connectivity index (χ0n) is 17.7. The van der Waals surface area contributed by atoms with Crippen LogP contribution in [0.3, 0.4) is 0 Å². The summed E-state index contributed by atoms with van der Waals surface area (Å²) in [6, 6.07) is 0. The van der Waals surface area contributed by atoms with Crippen LogP contribution >= 0.6 is 0 Å². The Bertz CT molecular complexity index is 984. The number of ether oxygens (including phenoxy) is 1. The highest BCUT2D eigenvalue weighted by Crippen LogP contribution is 2.25. The van der Waals surface area contributed by atoms with Crippen molar-refractivity contribution in [2.45, 2.75) is 51.8 Å². The lowest BCUT2D eigenvalue weighted by Gasteiger charge is -2.35. The normalized spacial score (nSPS) is 20.6. The molecule has 0 amide bonds. The van der Waals surface area contributed by atoms with Crippen LogP contribution in [0.1, 0.15) is 44.1 Å². The number of oxazole rings is 1. The molecule has 0 spiro atoms. The SMILES string of the molecule is CC(C)c1ocnc1CN1CCN(c2ncnc3c2ncn3CC2CCCO2)CC1. The van der Waals surface area contributed by atoms with E-state index in [0.29, 0.717) is 5.92 Å². The van der Waals surface area contributed by atoms with Crippen LogP contribution in [0.25, 0.3) is 11.2 Å². The molecule has 160 valence electrons. The molecule has 30 heavy (non-hydrogen) atoms. The first-order valence-electron chi connectivity index (χ1n) is 10.9. The van der Waals surface area contributed by atoms with Crippen molar-refractivity contribution in [2.24, 2.45) is 0 Å². The maximum Gasteiger partial charge on any atom is 0.181 e. The average molecular weight is 412 g/mol. The maximum atomic E-state index is 5.78. The molecular formula is C21H29N7O2. The number of hydrogen-bond donors (Lipinski definition) is 0. The molecule has 0 saturated carbocycles. The lowest BCUT2D eigenvalue weighted by Crippen LogP contribution is -2.46. The number of nitrogens with zero attached hydrogens (tertiary/aromatic N) is 7. The van der Waals surface area contributed by atoms with Crippen LogP contribution in [0.5, 0.6) is 0 Å². The van der Waals surface area contributed by atoms with E-state index in [4.69, 9.17) is 9.15 Å². The smallest absolute Gasteiger partial charge is 0.181 e. The van der Waals surface area contributed by atoms with Gasteiger partial charge in [-0.25, -0.2) is 19.9 Å². The quantitative estimate of drug-likeness (QED) is 0.611. The summed E-state index contributed by atoms with van der Waals surface area (Å²) in [6.07, 6.45) is 7.58. The standard InChI is InChI=1S/C21H29N7O2/c1-15(2)19-17(25-14-30-19)11-26-5-7-27(8-6-26)20-18-21(23-12-22-20)28(13-24-18)10-16-4-3-9-29-16/h12-16H,3-11H2,1-2H3. The zero-order valence-corrected chi connectivity index (χ0v) is 17.7. The predicted octanol–water partition coefficient (Wildman–Crippen LogP) is 2.44. The molecule has 0 bridgehead atoms. The van der Waals surface area contributed by atoms with Crippen molar-refractivity contribution in [3.8, 4) is 0 Å². The summed E-state index contributed by atoms with van der Waals surface area (Å²) < 4.78 is 13.5. The van der Waals surface area contributed by atoms with Gasteiger partial charge in [0.2, 0.25) is 0 Å². The number of aromatic nitrogens is 5. The lowest BCUT2D eigenvalue weighted by atomic mass is 10.1. The van der Waals surface area contributed by atoms with Crippen molar-refractivity contribution in [2.75, 3.05) is 37.7 Å². The van der Waals surface area contributed by atoms with Crippen molar-refractivity contribution in [3.63, 3.8) is 0 Å². The summed E-state index contributed by atoms with van der Waals surface area (Å²) in [6.45, 7) is 10.5. The molecule has 5 rings (SSSR count). The third-order valence-electron chi connectivity index (χ3n) is 6.05. The number of rotatable bonds is 6. The van der Waals surface area contributed by atoms with Gasteiger partial charge in [0.1, 0.15) is 12.1 Å². The molecule has 2 aliphatic rings. The van der Waals surface area contributed by atoms with Crippen LogP contribution in [0.4, 0.5) is 5.82 Å². The van der Waals surface area contributed by atoms with Crippen LogP contribution in [-0.2, 0) is 17.8 Å². The van der Waals surface area contributed by atoms with Crippen molar-refractivity contribution in [1.82, 2.24) is 29.4 Å². The third kappa shape index (κ3) is 3.79. The molecule has 2 fully saturated rings. The van der Waals surface area contributed by atoms with Gasteiger partial charge in [0.15, 0.2) is 23.4 Å². The van der Waals surface area contributed by atoms with Gasteiger partial charge in [-0.1, -0.05) is 13.8 Å². The minimum Gasteiger partial charge on any atom is -0.448 e. The van der Waals surface area contributed by atoms with Crippen molar-refractivity contribution < 1.29 is 9.15 Å². The van der Waals surface area contributed by atoms with E-state index < -0.39 is 0 Å². The largest absolute Gasteiger partial charge is 0.448 e. The van der Waals surface area contributed by atoms with Crippen LogP contribution in [0.2, 0.25) is 0 Å². The molecule has 9 heteroatoms.